The number of hydrogen-bond acceptors (Lipinski definition) is 3. The lowest BCUT2D eigenvalue weighted by molar-refractivity contribution is 0.0944. The zero-order valence-corrected chi connectivity index (χ0v) is 13.3. The van der Waals surface area contributed by atoms with E-state index in [0.29, 0.717) is 18.2 Å². The number of aryl methyl sites for hydroxylation is 1. The van der Waals surface area contributed by atoms with Gasteiger partial charge in [0.05, 0.1) is 12.3 Å². The predicted octanol–water partition coefficient (Wildman–Crippen LogP) is 2.01. The SMILES string of the molecule is CC(C)c1cc(C(=O)NCCc2ccc(CO)cc2)n(C)n1. The Morgan fingerprint density at radius 1 is 1.27 bits per heavy atom. The Labute approximate surface area is 131 Å². The van der Waals surface area contributed by atoms with Crippen LogP contribution in [-0.4, -0.2) is 27.3 Å². The Balaban J connectivity index is 1.89. The van der Waals surface area contributed by atoms with Crippen molar-refractivity contribution in [3.8, 4) is 0 Å². The highest BCUT2D eigenvalue weighted by atomic mass is 16.3. The maximum atomic E-state index is 12.2. The molecule has 22 heavy (non-hydrogen) atoms. The van der Waals surface area contributed by atoms with Crippen molar-refractivity contribution in [3.63, 3.8) is 0 Å². The van der Waals surface area contributed by atoms with Gasteiger partial charge >= 0.3 is 0 Å². The van der Waals surface area contributed by atoms with Crippen LogP contribution in [0.4, 0.5) is 0 Å². The number of rotatable bonds is 6. The molecule has 0 fully saturated rings. The molecule has 0 spiro atoms. The average molecular weight is 301 g/mol. The lowest BCUT2D eigenvalue weighted by Crippen LogP contribution is -2.27. The fourth-order valence-electron chi connectivity index (χ4n) is 2.21. The Kier molecular flexibility index (Phi) is 5.33. The van der Waals surface area contributed by atoms with Gasteiger partial charge < -0.3 is 10.4 Å². The molecule has 2 rings (SSSR count). The van der Waals surface area contributed by atoms with Crippen LogP contribution in [0.5, 0.6) is 0 Å². The molecular weight excluding hydrogens is 278 g/mol. The number of benzene rings is 1. The third kappa shape index (κ3) is 3.95. The maximum Gasteiger partial charge on any atom is 0.269 e. The molecule has 5 heteroatoms. The molecule has 2 N–H and O–H groups in total. The second kappa shape index (κ2) is 7.22. The molecule has 0 aliphatic carbocycles. The number of carbonyl (C=O) groups is 1. The summed E-state index contributed by atoms with van der Waals surface area (Å²) in [7, 11) is 1.79. The van der Waals surface area contributed by atoms with Crippen molar-refractivity contribution in [2.45, 2.75) is 32.8 Å². The molecule has 1 heterocycles. The van der Waals surface area contributed by atoms with Crippen LogP contribution in [-0.2, 0) is 20.1 Å². The zero-order valence-electron chi connectivity index (χ0n) is 13.3. The van der Waals surface area contributed by atoms with Crippen molar-refractivity contribution >= 4 is 5.91 Å². The lowest BCUT2D eigenvalue weighted by Gasteiger charge is -2.06. The van der Waals surface area contributed by atoms with Gasteiger partial charge in [-0.15, -0.1) is 0 Å². The highest BCUT2D eigenvalue weighted by Crippen LogP contribution is 2.13. The fourth-order valence-corrected chi connectivity index (χ4v) is 2.21. The lowest BCUT2D eigenvalue weighted by atomic mass is 10.1. The van der Waals surface area contributed by atoms with Crippen LogP contribution in [0.15, 0.2) is 30.3 Å². The van der Waals surface area contributed by atoms with Gasteiger partial charge in [0.15, 0.2) is 0 Å². The highest BCUT2D eigenvalue weighted by molar-refractivity contribution is 5.92. The monoisotopic (exact) mass is 301 g/mol. The summed E-state index contributed by atoms with van der Waals surface area (Å²) < 4.78 is 1.63. The van der Waals surface area contributed by atoms with E-state index in [9.17, 15) is 4.79 Å². The van der Waals surface area contributed by atoms with Crippen molar-refractivity contribution in [1.82, 2.24) is 15.1 Å². The minimum Gasteiger partial charge on any atom is -0.392 e. The first kappa shape index (κ1) is 16.2. The summed E-state index contributed by atoms with van der Waals surface area (Å²) in [5.41, 5.74) is 3.53. The molecule has 1 aromatic heterocycles. The van der Waals surface area contributed by atoms with E-state index in [1.54, 1.807) is 11.7 Å². The largest absolute Gasteiger partial charge is 0.392 e. The van der Waals surface area contributed by atoms with Crippen LogP contribution >= 0.6 is 0 Å². The molecule has 0 atom stereocenters. The molecule has 0 radical (unpaired) electrons. The molecule has 0 saturated heterocycles. The summed E-state index contributed by atoms with van der Waals surface area (Å²) in [4.78, 5) is 12.2. The number of amides is 1. The molecule has 0 unspecified atom stereocenters. The number of carbonyl (C=O) groups excluding carboxylic acids is 1. The van der Waals surface area contributed by atoms with Crippen LogP contribution in [0.2, 0.25) is 0 Å². The van der Waals surface area contributed by atoms with Crippen LogP contribution in [0.3, 0.4) is 0 Å². The van der Waals surface area contributed by atoms with Crippen LogP contribution in [0.1, 0.15) is 47.1 Å². The predicted molar refractivity (Wildman–Crippen MR) is 85.7 cm³/mol. The Morgan fingerprint density at radius 2 is 1.91 bits per heavy atom. The van der Waals surface area contributed by atoms with Gasteiger partial charge in [0.1, 0.15) is 5.69 Å². The van der Waals surface area contributed by atoms with Gasteiger partial charge in [-0.2, -0.15) is 5.10 Å². The first-order valence-corrected chi connectivity index (χ1v) is 7.52. The number of aliphatic hydroxyl groups is 1. The average Bonchev–Trinajstić information content (AvgIpc) is 2.90. The number of nitrogens with zero attached hydrogens (tertiary/aromatic N) is 2. The van der Waals surface area contributed by atoms with Crippen molar-refractivity contribution in [3.05, 3.63) is 52.8 Å². The van der Waals surface area contributed by atoms with Crippen molar-refractivity contribution < 1.29 is 9.90 Å². The van der Waals surface area contributed by atoms with E-state index >= 15 is 0 Å². The molecule has 1 amide bonds. The van der Waals surface area contributed by atoms with Crippen LogP contribution < -0.4 is 5.32 Å². The quantitative estimate of drug-likeness (QED) is 0.857. The Morgan fingerprint density at radius 3 is 2.45 bits per heavy atom. The zero-order chi connectivity index (χ0) is 16.1. The molecule has 2 aromatic rings. The Hall–Kier alpha value is -2.14. The fraction of sp³-hybridized carbons (Fsp3) is 0.412. The summed E-state index contributed by atoms with van der Waals surface area (Å²) >= 11 is 0. The van der Waals surface area contributed by atoms with Crippen molar-refractivity contribution in [1.29, 1.82) is 0 Å². The number of hydrogen-bond donors (Lipinski definition) is 2. The van der Waals surface area contributed by atoms with E-state index in [1.807, 2.05) is 30.3 Å². The van der Waals surface area contributed by atoms with Gasteiger partial charge in [-0.05, 0) is 29.5 Å². The third-order valence-electron chi connectivity index (χ3n) is 3.63. The van der Waals surface area contributed by atoms with Gasteiger partial charge in [0, 0.05) is 13.6 Å². The summed E-state index contributed by atoms with van der Waals surface area (Å²) in [6.45, 7) is 4.73. The van der Waals surface area contributed by atoms with Crippen LogP contribution in [0, 0.1) is 0 Å². The first-order chi connectivity index (χ1) is 10.5. The smallest absolute Gasteiger partial charge is 0.269 e. The molecule has 0 aliphatic heterocycles. The van der Waals surface area contributed by atoms with E-state index in [1.165, 1.54) is 0 Å². The van der Waals surface area contributed by atoms with E-state index in [0.717, 1.165) is 23.2 Å². The van der Waals surface area contributed by atoms with Gasteiger partial charge in [-0.25, -0.2) is 0 Å². The van der Waals surface area contributed by atoms with E-state index in [4.69, 9.17) is 5.11 Å². The summed E-state index contributed by atoms with van der Waals surface area (Å²) in [5, 5.41) is 16.3. The van der Waals surface area contributed by atoms with Gasteiger partial charge in [-0.1, -0.05) is 38.1 Å². The maximum absolute atomic E-state index is 12.2. The minimum absolute atomic E-state index is 0.0513. The molecule has 0 saturated carbocycles. The van der Waals surface area contributed by atoms with Gasteiger partial charge in [-0.3, -0.25) is 9.48 Å². The topological polar surface area (TPSA) is 67.2 Å². The van der Waals surface area contributed by atoms with Crippen molar-refractivity contribution in [2.75, 3.05) is 6.54 Å². The summed E-state index contributed by atoms with van der Waals surface area (Å²) in [5.74, 6) is 0.201. The Bertz CT molecular complexity index is 630. The number of nitrogens with one attached hydrogen (secondary N) is 1. The minimum atomic E-state index is -0.103. The van der Waals surface area contributed by atoms with Gasteiger partial charge in [0.2, 0.25) is 0 Å². The second-order valence-corrected chi connectivity index (χ2v) is 5.71. The third-order valence-corrected chi connectivity index (χ3v) is 3.63. The number of aliphatic hydroxyl groups excluding tert-OH is 1. The molecule has 0 aliphatic rings. The van der Waals surface area contributed by atoms with Crippen LogP contribution in [0.25, 0.3) is 0 Å². The van der Waals surface area contributed by atoms with Crippen molar-refractivity contribution in [2.24, 2.45) is 7.05 Å². The highest BCUT2D eigenvalue weighted by Gasteiger charge is 2.14. The van der Waals surface area contributed by atoms with E-state index in [2.05, 4.69) is 24.3 Å². The summed E-state index contributed by atoms with van der Waals surface area (Å²) in [6.07, 6.45) is 0.756. The normalized spacial score (nSPS) is 11.0. The molecule has 0 bridgehead atoms. The molecule has 1 aromatic carbocycles. The molecular formula is C17H23N3O2. The van der Waals surface area contributed by atoms with E-state index in [-0.39, 0.29) is 12.5 Å². The number of aromatic nitrogens is 2. The van der Waals surface area contributed by atoms with E-state index < -0.39 is 0 Å². The molecule has 118 valence electrons. The molecule has 5 nitrogen and oxygen atoms in total. The van der Waals surface area contributed by atoms with Gasteiger partial charge in [0.25, 0.3) is 5.91 Å². The first-order valence-electron chi connectivity index (χ1n) is 7.52. The summed E-state index contributed by atoms with van der Waals surface area (Å²) in [6, 6.07) is 9.58. The standard InChI is InChI=1S/C17H23N3O2/c1-12(2)15-10-16(20(3)19-15)17(22)18-9-8-13-4-6-14(11-21)7-5-13/h4-7,10,12,21H,8-9,11H2,1-3H3,(H,18,22). The second-order valence-electron chi connectivity index (χ2n) is 5.71.